The average Bonchev–Trinajstić information content (AvgIpc) is 3.34. The van der Waals surface area contributed by atoms with Crippen LogP contribution in [-0.2, 0) is 10.0 Å². The molecule has 4 rings (SSSR count). The second kappa shape index (κ2) is 6.21. The minimum atomic E-state index is -3.68. The zero-order valence-electron chi connectivity index (χ0n) is 14.6. The Morgan fingerprint density at radius 3 is 2.60 bits per heavy atom. The summed E-state index contributed by atoms with van der Waals surface area (Å²) < 4.78 is 35.2. The first-order chi connectivity index (χ1) is 12.0. The van der Waals surface area contributed by atoms with Crippen molar-refractivity contribution in [1.82, 2.24) is 24.2 Å². The van der Waals surface area contributed by atoms with E-state index < -0.39 is 10.0 Å². The number of aryl methyl sites for hydroxylation is 2. The van der Waals surface area contributed by atoms with Crippen LogP contribution in [-0.4, -0.2) is 39.2 Å². The Bertz CT molecular complexity index is 847. The van der Waals surface area contributed by atoms with E-state index >= 15 is 0 Å². The van der Waals surface area contributed by atoms with Crippen molar-refractivity contribution in [1.29, 1.82) is 0 Å². The van der Waals surface area contributed by atoms with Crippen LogP contribution in [0.1, 0.15) is 67.9 Å². The van der Waals surface area contributed by atoms with Gasteiger partial charge in [-0.2, -0.15) is 4.31 Å². The largest absolute Gasteiger partial charge is 0.360 e. The number of sulfonamides is 1. The number of aromatic nitrogens is 4. The molecule has 136 valence electrons. The fraction of sp³-hybridized carbons (Fsp3) is 0.688. The van der Waals surface area contributed by atoms with Gasteiger partial charge in [-0.05, 0) is 39.5 Å². The highest BCUT2D eigenvalue weighted by molar-refractivity contribution is 7.89. The SMILES string of the molecule is Cc1noc(C)c1S(=O)(=O)N1CCCC1c1nncn1C1CCCC1. The molecule has 1 unspecified atom stereocenters. The Morgan fingerprint density at radius 2 is 1.92 bits per heavy atom. The molecule has 1 saturated heterocycles. The number of hydrogen-bond acceptors (Lipinski definition) is 6. The van der Waals surface area contributed by atoms with Crippen molar-refractivity contribution >= 4 is 10.0 Å². The van der Waals surface area contributed by atoms with E-state index in [1.165, 1.54) is 12.8 Å². The predicted octanol–water partition coefficient (Wildman–Crippen LogP) is 2.52. The van der Waals surface area contributed by atoms with Crippen molar-refractivity contribution in [3.8, 4) is 0 Å². The molecule has 3 heterocycles. The molecule has 1 aliphatic heterocycles. The summed E-state index contributed by atoms with van der Waals surface area (Å²) in [5.41, 5.74) is 0.403. The molecule has 0 bridgehead atoms. The van der Waals surface area contributed by atoms with Crippen molar-refractivity contribution < 1.29 is 12.9 Å². The van der Waals surface area contributed by atoms with Crippen LogP contribution in [0.2, 0.25) is 0 Å². The van der Waals surface area contributed by atoms with E-state index in [4.69, 9.17) is 4.52 Å². The highest BCUT2D eigenvalue weighted by Crippen LogP contribution is 2.39. The first-order valence-electron chi connectivity index (χ1n) is 8.84. The molecule has 0 N–H and O–H groups in total. The summed E-state index contributed by atoms with van der Waals surface area (Å²) >= 11 is 0. The maximum absolute atomic E-state index is 13.2. The van der Waals surface area contributed by atoms with Crippen LogP contribution in [0.25, 0.3) is 0 Å². The summed E-state index contributed by atoms with van der Waals surface area (Å²) in [5.74, 6) is 1.10. The van der Waals surface area contributed by atoms with Gasteiger partial charge >= 0.3 is 0 Å². The Labute approximate surface area is 147 Å². The lowest BCUT2D eigenvalue weighted by atomic mass is 10.2. The topological polar surface area (TPSA) is 94.1 Å². The molecule has 25 heavy (non-hydrogen) atoms. The van der Waals surface area contributed by atoms with Gasteiger partial charge < -0.3 is 9.09 Å². The molecule has 0 aromatic carbocycles. The monoisotopic (exact) mass is 365 g/mol. The lowest BCUT2D eigenvalue weighted by Crippen LogP contribution is -2.33. The van der Waals surface area contributed by atoms with E-state index in [1.54, 1.807) is 24.5 Å². The molecule has 1 aliphatic carbocycles. The third kappa shape index (κ3) is 2.69. The first kappa shape index (κ1) is 16.7. The van der Waals surface area contributed by atoms with E-state index in [0.717, 1.165) is 31.5 Å². The van der Waals surface area contributed by atoms with E-state index in [9.17, 15) is 8.42 Å². The van der Waals surface area contributed by atoms with Gasteiger partial charge in [0.05, 0.1) is 6.04 Å². The normalized spacial score (nSPS) is 22.9. The van der Waals surface area contributed by atoms with Gasteiger partial charge in [0.25, 0.3) is 0 Å². The van der Waals surface area contributed by atoms with Gasteiger partial charge in [0.1, 0.15) is 16.9 Å². The second-order valence-corrected chi connectivity index (χ2v) is 8.79. The van der Waals surface area contributed by atoms with E-state index in [2.05, 4.69) is 19.9 Å². The fourth-order valence-electron chi connectivity index (χ4n) is 4.20. The number of hydrogen-bond donors (Lipinski definition) is 0. The molecule has 0 spiro atoms. The number of rotatable bonds is 4. The van der Waals surface area contributed by atoms with Crippen molar-refractivity contribution in [2.75, 3.05) is 6.54 Å². The molecule has 2 aromatic rings. The lowest BCUT2D eigenvalue weighted by Gasteiger charge is -2.25. The third-order valence-corrected chi connectivity index (χ3v) is 7.51. The molecule has 2 fully saturated rings. The van der Waals surface area contributed by atoms with Gasteiger partial charge in [-0.15, -0.1) is 10.2 Å². The van der Waals surface area contributed by atoms with Crippen LogP contribution in [0.4, 0.5) is 0 Å². The molecular weight excluding hydrogens is 342 g/mol. The van der Waals surface area contributed by atoms with Gasteiger partial charge in [0.2, 0.25) is 10.0 Å². The fourth-order valence-corrected chi connectivity index (χ4v) is 6.15. The zero-order chi connectivity index (χ0) is 17.6. The average molecular weight is 365 g/mol. The summed E-state index contributed by atoms with van der Waals surface area (Å²) in [6.07, 6.45) is 7.94. The molecule has 0 amide bonds. The van der Waals surface area contributed by atoms with Crippen LogP contribution in [0, 0.1) is 13.8 Å². The second-order valence-electron chi connectivity index (χ2n) is 6.96. The summed E-state index contributed by atoms with van der Waals surface area (Å²) in [5, 5.41) is 12.2. The third-order valence-electron chi connectivity index (χ3n) is 5.36. The van der Waals surface area contributed by atoms with Crippen molar-refractivity contribution in [3.05, 3.63) is 23.6 Å². The van der Waals surface area contributed by atoms with Gasteiger partial charge in [-0.3, -0.25) is 0 Å². The van der Waals surface area contributed by atoms with Crippen LogP contribution in [0.3, 0.4) is 0 Å². The summed E-state index contributed by atoms with van der Waals surface area (Å²) in [7, 11) is -3.68. The summed E-state index contributed by atoms with van der Waals surface area (Å²) in [4.78, 5) is 0.186. The molecule has 9 heteroatoms. The minimum Gasteiger partial charge on any atom is -0.360 e. The Balaban J connectivity index is 1.71. The standard InChI is InChI=1S/C16H23N5O3S/c1-11-15(12(2)24-19-11)25(22,23)21-9-5-8-14(21)16-18-17-10-20(16)13-6-3-4-7-13/h10,13-14H,3-9H2,1-2H3. The molecule has 1 atom stereocenters. The minimum absolute atomic E-state index is 0.186. The molecule has 2 aliphatic rings. The van der Waals surface area contributed by atoms with Gasteiger partial charge in [0, 0.05) is 12.6 Å². The highest BCUT2D eigenvalue weighted by Gasteiger charge is 2.41. The van der Waals surface area contributed by atoms with Gasteiger partial charge in [-0.1, -0.05) is 18.0 Å². The smallest absolute Gasteiger partial charge is 0.249 e. The highest BCUT2D eigenvalue weighted by atomic mass is 32.2. The predicted molar refractivity (Wildman–Crippen MR) is 89.4 cm³/mol. The van der Waals surface area contributed by atoms with Crippen LogP contribution in [0.5, 0.6) is 0 Å². The quantitative estimate of drug-likeness (QED) is 0.826. The van der Waals surface area contributed by atoms with Gasteiger partial charge in [-0.25, -0.2) is 8.42 Å². The molecule has 0 radical (unpaired) electrons. The Hall–Kier alpha value is -1.74. The first-order valence-corrected chi connectivity index (χ1v) is 10.3. The molecular formula is C16H23N5O3S. The van der Waals surface area contributed by atoms with E-state index in [-0.39, 0.29) is 10.9 Å². The van der Waals surface area contributed by atoms with Crippen LogP contribution < -0.4 is 0 Å². The zero-order valence-corrected chi connectivity index (χ0v) is 15.4. The van der Waals surface area contributed by atoms with Crippen molar-refractivity contribution in [2.45, 2.75) is 69.4 Å². The Kier molecular flexibility index (Phi) is 4.15. The van der Waals surface area contributed by atoms with Crippen molar-refractivity contribution in [3.63, 3.8) is 0 Å². The maximum atomic E-state index is 13.2. The van der Waals surface area contributed by atoms with E-state index in [0.29, 0.717) is 24.0 Å². The van der Waals surface area contributed by atoms with Crippen LogP contribution >= 0.6 is 0 Å². The van der Waals surface area contributed by atoms with Crippen molar-refractivity contribution in [2.24, 2.45) is 0 Å². The lowest BCUT2D eigenvalue weighted by molar-refractivity contribution is 0.357. The summed E-state index contributed by atoms with van der Waals surface area (Å²) in [6, 6.07) is 0.107. The summed E-state index contributed by atoms with van der Waals surface area (Å²) in [6.45, 7) is 3.78. The number of nitrogens with zero attached hydrogens (tertiary/aromatic N) is 5. The molecule has 8 nitrogen and oxygen atoms in total. The molecule has 1 saturated carbocycles. The van der Waals surface area contributed by atoms with Gasteiger partial charge in [0.15, 0.2) is 11.6 Å². The van der Waals surface area contributed by atoms with E-state index in [1.807, 2.05) is 0 Å². The van der Waals surface area contributed by atoms with Crippen LogP contribution in [0.15, 0.2) is 15.7 Å². The Morgan fingerprint density at radius 1 is 1.16 bits per heavy atom. The maximum Gasteiger partial charge on any atom is 0.249 e. The molecule has 2 aromatic heterocycles.